The molecule has 2 aromatic rings. The predicted molar refractivity (Wildman–Crippen MR) is 106 cm³/mol. The summed E-state index contributed by atoms with van der Waals surface area (Å²) in [6.07, 6.45) is 5.28. The lowest BCUT2D eigenvalue weighted by Crippen LogP contribution is -2.36. The molecule has 0 unspecified atom stereocenters. The quantitative estimate of drug-likeness (QED) is 0.411. The second kappa shape index (κ2) is 10.5. The molecule has 6 nitrogen and oxygen atoms in total. The van der Waals surface area contributed by atoms with Crippen molar-refractivity contribution in [2.45, 2.75) is 46.2 Å². The molecule has 0 spiro atoms. The van der Waals surface area contributed by atoms with Crippen LogP contribution in [-0.4, -0.2) is 29.4 Å². The zero-order valence-electron chi connectivity index (χ0n) is 16.4. The van der Waals surface area contributed by atoms with E-state index in [1.54, 1.807) is 13.2 Å². The minimum atomic E-state index is 0.661. The predicted octanol–water partition coefficient (Wildman–Crippen LogP) is 3.16. The number of ether oxygens (including phenoxy) is 1. The average Bonchev–Trinajstić information content (AvgIpc) is 3.05. The first kappa shape index (κ1) is 19.8. The molecule has 6 heteroatoms. The summed E-state index contributed by atoms with van der Waals surface area (Å²) >= 11 is 0. The molecule has 0 aliphatic heterocycles. The van der Waals surface area contributed by atoms with Crippen LogP contribution in [0.15, 0.2) is 35.5 Å². The molecule has 1 aromatic carbocycles. The fraction of sp³-hybridized carbons (Fsp3) is 0.500. The maximum Gasteiger partial charge on any atom is 0.191 e. The second-order valence-corrected chi connectivity index (χ2v) is 6.39. The van der Waals surface area contributed by atoms with Crippen LogP contribution in [0.1, 0.15) is 43.0 Å². The fourth-order valence-electron chi connectivity index (χ4n) is 2.62. The maximum atomic E-state index is 6.01. The highest BCUT2D eigenvalue weighted by Gasteiger charge is 2.07. The number of guanidine groups is 1. The summed E-state index contributed by atoms with van der Waals surface area (Å²) < 4.78 is 7.86. The van der Waals surface area contributed by atoms with Crippen LogP contribution in [0, 0.1) is 6.92 Å². The Kier molecular flexibility index (Phi) is 7.99. The molecule has 0 amide bonds. The average molecular weight is 358 g/mol. The Bertz CT molecular complexity index is 708. The van der Waals surface area contributed by atoms with Crippen LogP contribution < -0.4 is 15.4 Å². The van der Waals surface area contributed by atoms with E-state index in [1.165, 1.54) is 18.4 Å². The van der Waals surface area contributed by atoms with E-state index < -0.39 is 0 Å². The maximum absolute atomic E-state index is 6.01. The van der Waals surface area contributed by atoms with Crippen LogP contribution in [0.4, 0.5) is 0 Å². The normalized spacial score (nSPS) is 11.5. The van der Waals surface area contributed by atoms with Gasteiger partial charge in [-0.25, -0.2) is 0 Å². The van der Waals surface area contributed by atoms with Crippen molar-refractivity contribution in [2.24, 2.45) is 12.0 Å². The zero-order chi connectivity index (χ0) is 18.8. The first-order valence-corrected chi connectivity index (χ1v) is 9.27. The molecule has 0 atom stereocenters. The number of aliphatic imine (C=N–C) groups is 1. The van der Waals surface area contributed by atoms with Crippen LogP contribution in [0.3, 0.4) is 0 Å². The SMILES string of the molecule is CCCCCOc1cc(C)ccc1CNC(=NC)NCc1ccnn1C. The molecule has 2 N–H and O–H groups in total. The molecular formula is C20H31N5O. The lowest BCUT2D eigenvalue weighted by Gasteiger charge is -2.15. The van der Waals surface area contributed by atoms with Crippen molar-refractivity contribution in [3.05, 3.63) is 47.3 Å². The van der Waals surface area contributed by atoms with Gasteiger partial charge in [0.1, 0.15) is 5.75 Å². The monoisotopic (exact) mass is 357 g/mol. The van der Waals surface area contributed by atoms with Crippen molar-refractivity contribution in [2.75, 3.05) is 13.7 Å². The largest absolute Gasteiger partial charge is 0.493 e. The Balaban J connectivity index is 1.90. The number of rotatable bonds is 9. The molecular weight excluding hydrogens is 326 g/mol. The molecule has 0 radical (unpaired) electrons. The first-order valence-electron chi connectivity index (χ1n) is 9.27. The summed E-state index contributed by atoms with van der Waals surface area (Å²) in [5.74, 6) is 1.71. The van der Waals surface area contributed by atoms with Gasteiger partial charge in [-0.1, -0.05) is 31.9 Å². The van der Waals surface area contributed by atoms with E-state index in [9.17, 15) is 0 Å². The third kappa shape index (κ3) is 6.10. The van der Waals surface area contributed by atoms with Gasteiger partial charge in [0.15, 0.2) is 5.96 Å². The van der Waals surface area contributed by atoms with Crippen molar-refractivity contribution in [3.8, 4) is 5.75 Å². The summed E-state index contributed by atoms with van der Waals surface area (Å²) in [4.78, 5) is 4.29. The van der Waals surface area contributed by atoms with E-state index >= 15 is 0 Å². The lowest BCUT2D eigenvalue weighted by molar-refractivity contribution is 0.303. The Morgan fingerprint density at radius 1 is 1.19 bits per heavy atom. The van der Waals surface area contributed by atoms with E-state index in [2.05, 4.69) is 52.8 Å². The molecule has 0 aliphatic carbocycles. The van der Waals surface area contributed by atoms with Crippen LogP contribution in [-0.2, 0) is 20.1 Å². The number of hydrogen-bond acceptors (Lipinski definition) is 3. The minimum absolute atomic E-state index is 0.661. The molecule has 0 fully saturated rings. The van der Waals surface area contributed by atoms with Gasteiger partial charge >= 0.3 is 0 Å². The molecule has 26 heavy (non-hydrogen) atoms. The number of aromatic nitrogens is 2. The van der Waals surface area contributed by atoms with Crippen LogP contribution in [0.2, 0.25) is 0 Å². The number of unbranched alkanes of at least 4 members (excludes halogenated alkanes) is 2. The van der Waals surface area contributed by atoms with E-state index in [-0.39, 0.29) is 0 Å². The van der Waals surface area contributed by atoms with Gasteiger partial charge in [-0.3, -0.25) is 9.67 Å². The topological polar surface area (TPSA) is 63.5 Å². The van der Waals surface area contributed by atoms with Gasteiger partial charge in [0.05, 0.1) is 18.8 Å². The Morgan fingerprint density at radius 2 is 2.00 bits per heavy atom. The molecule has 1 aromatic heterocycles. The van der Waals surface area contributed by atoms with E-state index in [4.69, 9.17) is 4.74 Å². The number of hydrogen-bond donors (Lipinski definition) is 2. The van der Waals surface area contributed by atoms with Gasteiger partial charge in [0.2, 0.25) is 0 Å². The van der Waals surface area contributed by atoms with Crippen molar-refractivity contribution < 1.29 is 4.74 Å². The van der Waals surface area contributed by atoms with Gasteiger partial charge in [-0.05, 0) is 31.0 Å². The van der Waals surface area contributed by atoms with Crippen molar-refractivity contribution in [3.63, 3.8) is 0 Å². The zero-order valence-corrected chi connectivity index (χ0v) is 16.4. The third-order valence-corrected chi connectivity index (χ3v) is 4.26. The van der Waals surface area contributed by atoms with Crippen LogP contribution >= 0.6 is 0 Å². The standard InChI is InChI=1S/C20H31N5O/c1-5-6-7-12-26-19-13-16(2)8-9-17(19)14-22-20(21-3)23-15-18-10-11-24-25(18)4/h8-11,13H,5-7,12,14-15H2,1-4H3,(H2,21,22,23). The highest BCUT2D eigenvalue weighted by atomic mass is 16.5. The van der Waals surface area contributed by atoms with Gasteiger partial charge < -0.3 is 15.4 Å². The lowest BCUT2D eigenvalue weighted by atomic mass is 10.1. The van der Waals surface area contributed by atoms with Gasteiger partial charge in [0, 0.05) is 32.4 Å². The van der Waals surface area contributed by atoms with Crippen molar-refractivity contribution >= 4 is 5.96 Å². The van der Waals surface area contributed by atoms with Gasteiger partial charge in [-0.15, -0.1) is 0 Å². The number of nitrogens with zero attached hydrogens (tertiary/aromatic N) is 3. The Hall–Kier alpha value is -2.50. The summed E-state index contributed by atoms with van der Waals surface area (Å²) in [6, 6.07) is 8.32. The summed E-state index contributed by atoms with van der Waals surface area (Å²) in [6.45, 7) is 6.38. The second-order valence-electron chi connectivity index (χ2n) is 6.39. The van der Waals surface area contributed by atoms with Crippen LogP contribution in [0.5, 0.6) is 5.75 Å². The van der Waals surface area contributed by atoms with E-state index in [1.807, 2.05) is 17.8 Å². The summed E-state index contributed by atoms with van der Waals surface area (Å²) in [5, 5.41) is 10.8. The third-order valence-electron chi connectivity index (χ3n) is 4.26. The minimum Gasteiger partial charge on any atom is -0.493 e. The van der Waals surface area contributed by atoms with Crippen molar-refractivity contribution in [1.29, 1.82) is 0 Å². The number of nitrogens with one attached hydrogen (secondary N) is 2. The summed E-state index contributed by atoms with van der Waals surface area (Å²) in [5.41, 5.74) is 3.44. The molecule has 0 bridgehead atoms. The Morgan fingerprint density at radius 3 is 2.69 bits per heavy atom. The number of aryl methyl sites for hydroxylation is 2. The molecule has 142 valence electrons. The van der Waals surface area contributed by atoms with Gasteiger partial charge in [-0.2, -0.15) is 5.10 Å². The molecule has 1 heterocycles. The van der Waals surface area contributed by atoms with E-state index in [0.29, 0.717) is 13.1 Å². The highest BCUT2D eigenvalue weighted by Crippen LogP contribution is 2.20. The first-order chi connectivity index (χ1) is 12.6. The fourth-order valence-corrected chi connectivity index (χ4v) is 2.62. The van der Waals surface area contributed by atoms with E-state index in [0.717, 1.165) is 36.0 Å². The Labute approximate surface area is 156 Å². The van der Waals surface area contributed by atoms with Crippen LogP contribution in [0.25, 0.3) is 0 Å². The summed E-state index contributed by atoms with van der Waals surface area (Å²) in [7, 11) is 3.71. The van der Waals surface area contributed by atoms with Gasteiger partial charge in [0.25, 0.3) is 0 Å². The number of benzene rings is 1. The molecule has 2 rings (SSSR count). The molecule has 0 saturated heterocycles. The smallest absolute Gasteiger partial charge is 0.191 e. The highest BCUT2D eigenvalue weighted by molar-refractivity contribution is 5.79. The van der Waals surface area contributed by atoms with Crippen molar-refractivity contribution in [1.82, 2.24) is 20.4 Å². The molecule has 0 saturated carbocycles. The molecule has 0 aliphatic rings.